The molecule has 2 fully saturated rings. The molecule has 0 aromatic carbocycles. The molecule has 2 aliphatic rings. The van der Waals surface area contributed by atoms with E-state index in [4.69, 9.17) is 4.74 Å². The Kier molecular flexibility index (Phi) is 8.95. The monoisotopic (exact) mass is 446 g/mol. The van der Waals surface area contributed by atoms with E-state index in [0.29, 0.717) is 18.9 Å². The molecule has 0 aromatic rings. The highest BCUT2D eigenvalue weighted by Crippen LogP contribution is 2.10. The molecule has 0 aromatic heterocycles. The SMILES string of the molecule is CCNC(=NCCN1CCOCC1)NC1CCS(=O)(=O)C1.I. The summed E-state index contributed by atoms with van der Waals surface area (Å²) in [6, 6.07) is -0.0174. The summed E-state index contributed by atoms with van der Waals surface area (Å²) >= 11 is 0. The van der Waals surface area contributed by atoms with Crippen LogP contribution in [0.15, 0.2) is 4.99 Å². The second kappa shape index (κ2) is 9.89. The molecule has 9 heteroatoms. The quantitative estimate of drug-likeness (QED) is 0.342. The van der Waals surface area contributed by atoms with Gasteiger partial charge in [0, 0.05) is 32.2 Å². The number of nitrogens with one attached hydrogen (secondary N) is 2. The van der Waals surface area contributed by atoms with Gasteiger partial charge in [-0.1, -0.05) is 0 Å². The van der Waals surface area contributed by atoms with Gasteiger partial charge in [0.1, 0.15) is 0 Å². The minimum atomic E-state index is -2.86. The van der Waals surface area contributed by atoms with Crippen molar-refractivity contribution in [1.82, 2.24) is 15.5 Å². The van der Waals surface area contributed by atoms with Crippen LogP contribution in [-0.4, -0.2) is 82.8 Å². The summed E-state index contributed by atoms with van der Waals surface area (Å²) in [5, 5.41) is 6.40. The van der Waals surface area contributed by atoms with Crippen molar-refractivity contribution in [2.45, 2.75) is 19.4 Å². The molecular formula is C13H27IN4O3S. The van der Waals surface area contributed by atoms with Crippen molar-refractivity contribution >= 4 is 39.8 Å². The van der Waals surface area contributed by atoms with E-state index < -0.39 is 9.84 Å². The molecule has 1 unspecified atom stereocenters. The van der Waals surface area contributed by atoms with E-state index in [0.717, 1.165) is 39.4 Å². The Balaban J connectivity index is 0.00000242. The Morgan fingerprint density at radius 1 is 1.36 bits per heavy atom. The first-order valence-electron chi connectivity index (χ1n) is 7.64. The number of rotatable bonds is 5. The van der Waals surface area contributed by atoms with Crippen LogP contribution in [0.2, 0.25) is 0 Å². The molecule has 2 aliphatic heterocycles. The number of hydrogen-bond acceptors (Lipinski definition) is 5. The molecule has 2 rings (SSSR count). The van der Waals surface area contributed by atoms with E-state index in [1.807, 2.05) is 6.92 Å². The summed E-state index contributed by atoms with van der Waals surface area (Å²) in [6.07, 6.45) is 0.663. The fourth-order valence-electron chi connectivity index (χ4n) is 2.55. The second-order valence-corrected chi connectivity index (χ2v) is 7.69. The Morgan fingerprint density at radius 3 is 2.68 bits per heavy atom. The van der Waals surface area contributed by atoms with Gasteiger partial charge >= 0.3 is 0 Å². The van der Waals surface area contributed by atoms with Crippen LogP contribution in [0.25, 0.3) is 0 Å². The van der Waals surface area contributed by atoms with Gasteiger partial charge in [-0.2, -0.15) is 0 Å². The van der Waals surface area contributed by atoms with Crippen molar-refractivity contribution < 1.29 is 13.2 Å². The lowest BCUT2D eigenvalue weighted by atomic mass is 10.3. The van der Waals surface area contributed by atoms with E-state index in [1.54, 1.807) is 0 Å². The molecule has 130 valence electrons. The molecule has 0 spiro atoms. The first-order valence-corrected chi connectivity index (χ1v) is 9.46. The maximum Gasteiger partial charge on any atom is 0.191 e. The third-order valence-corrected chi connectivity index (χ3v) is 5.48. The smallest absolute Gasteiger partial charge is 0.191 e. The fraction of sp³-hybridized carbons (Fsp3) is 0.923. The minimum absolute atomic E-state index is 0. The first kappa shape index (κ1) is 19.9. The average molecular weight is 446 g/mol. The van der Waals surface area contributed by atoms with E-state index in [2.05, 4.69) is 20.5 Å². The van der Waals surface area contributed by atoms with Gasteiger partial charge in [0.2, 0.25) is 0 Å². The minimum Gasteiger partial charge on any atom is -0.379 e. The molecule has 22 heavy (non-hydrogen) atoms. The van der Waals surface area contributed by atoms with Crippen LogP contribution in [0.3, 0.4) is 0 Å². The van der Waals surface area contributed by atoms with Gasteiger partial charge in [-0.15, -0.1) is 24.0 Å². The molecule has 0 bridgehead atoms. The largest absolute Gasteiger partial charge is 0.379 e. The Morgan fingerprint density at radius 2 is 2.09 bits per heavy atom. The number of nitrogens with zero attached hydrogens (tertiary/aromatic N) is 2. The fourth-order valence-corrected chi connectivity index (χ4v) is 4.22. The lowest BCUT2D eigenvalue weighted by Gasteiger charge is -2.26. The van der Waals surface area contributed by atoms with Crippen LogP contribution in [0.5, 0.6) is 0 Å². The Bertz CT molecular complexity index is 452. The summed E-state index contributed by atoms with van der Waals surface area (Å²) in [7, 11) is -2.86. The standard InChI is InChI=1S/C13H26N4O3S.HI/c1-2-14-13(16-12-3-10-21(18,19)11-12)15-4-5-17-6-8-20-9-7-17;/h12H,2-11H2,1H3,(H2,14,15,16);1H. The average Bonchev–Trinajstić information content (AvgIpc) is 2.79. The third kappa shape index (κ3) is 6.97. The predicted molar refractivity (Wildman–Crippen MR) is 98.8 cm³/mol. The van der Waals surface area contributed by atoms with Crippen LogP contribution < -0.4 is 10.6 Å². The summed E-state index contributed by atoms with van der Waals surface area (Å²) in [6.45, 7) is 7.88. The number of aliphatic imine (C=N–C) groups is 1. The molecule has 0 amide bonds. The van der Waals surface area contributed by atoms with Crippen molar-refractivity contribution in [2.24, 2.45) is 4.99 Å². The van der Waals surface area contributed by atoms with Crippen LogP contribution in [-0.2, 0) is 14.6 Å². The molecule has 0 radical (unpaired) electrons. The maximum atomic E-state index is 11.5. The first-order chi connectivity index (χ1) is 10.1. The van der Waals surface area contributed by atoms with Crippen molar-refractivity contribution in [3.63, 3.8) is 0 Å². The molecular weight excluding hydrogens is 419 g/mol. The van der Waals surface area contributed by atoms with Gasteiger partial charge in [0.05, 0.1) is 31.3 Å². The summed E-state index contributed by atoms with van der Waals surface area (Å²) in [5.41, 5.74) is 0. The molecule has 0 aliphatic carbocycles. The van der Waals surface area contributed by atoms with E-state index >= 15 is 0 Å². The molecule has 2 heterocycles. The number of guanidine groups is 1. The number of sulfone groups is 1. The van der Waals surface area contributed by atoms with Gasteiger partial charge < -0.3 is 15.4 Å². The van der Waals surface area contributed by atoms with Crippen LogP contribution >= 0.6 is 24.0 Å². The zero-order valence-electron chi connectivity index (χ0n) is 13.1. The van der Waals surface area contributed by atoms with E-state index in [1.165, 1.54) is 0 Å². The molecule has 2 N–H and O–H groups in total. The second-order valence-electron chi connectivity index (χ2n) is 5.46. The summed E-state index contributed by atoms with van der Waals surface area (Å²) in [4.78, 5) is 6.87. The predicted octanol–water partition coefficient (Wildman–Crippen LogP) is -0.321. The number of hydrogen-bond donors (Lipinski definition) is 2. The van der Waals surface area contributed by atoms with Gasteiger partial charge in [-0.3, -0.25) is 9.89 Å². The topological polar surface area (TPSA) is 83.0 Å². The van der Waals surface area contributed by atoms with Crippen molar-refractivity contribution in [1.29, 1.82) is 0 Å². The molecule has 2 saturated heterocycles. The Labute approximate surface area is 150 Å². The summed E-state index contributed by atoms with van der Waals surface area (Å²) < 4.78 is 28.3. The molecule has 0 saturated carbocycles. The van der Waals surface area contributed by atoms with Gasteiger partial charge in [-0.25, -0.2) is 8.42 Å². The van der Waals surface area contributed by atoms with E-state index in [9.17, 15) is 8.42 Å². The molecule has 1 atom stereocenters. The maximum absolute atomic E-state index is 11.5. The lowest BCUT2D eigenvalue weighted by molar-refractivity contribution is 0.0394. The Hall–Kier alpha value is -0.130. The third-order valence-electron chi connectivity index (χ3n) is 3.71. The number of halogens is 1. The van der Waals surface area contributed by atoms with Crippen molar-refractivity contribution in [3.8, 4) is 0 Å². The van der Waals surface area contributed by atoms with Crippen LogP contribution in [0.1, 0.15) is 13.3 Å². The zero-order valence-corrected chi connectivity index (χ0v) is 16.2. The van der Waals surface area contributed by atoms with Crippen molar-refractivity contribution in [3.05, 3.63) is 0 Å². The molecule has 7 nitrogen and oxygen atoms in total. The van der Waals surface area contributed by atoms with Crippen molar-refractivity contribution in [2.75, 3.05) is 57.4 Å². The highest BCUT2D eigenvalue weighted by atomic mass is 127. The normalized spacial score (nSPS) is 25.5. The zero-order chi connectivity index (χ0) is 15.1. The van der Waals surface area contributed by atoms with Gasteiger partial charge in [-0.05, 0) is 13.3 Å². The van der Waals surface area contributed by atoms with Gasteiger partial charge in [0.15, 0.2) is 15.8 Å². The highest BCUT2D eigenvalue weighted by molar-refractivity contribution is 14.0. The number of morpholine rings is 1. The van der Waals surface area contributed by atoms with Crippen LogP contribution in [0.4, 0.5) is 0 Å². The number of ether oxygens (including phenoxy) is 1. The van der Waals surface area contributed by atoms with E-state index in [-0.39, 0.29) is 41.5 Å². The summed E-state index contributed by atoms with van der Waals surface area (Å²) in [5.74, 6) is 1.20. The van der Waals surface area contributed by atoms with Gasteiger partial charge in [0.25, 0.3) is 0 Å². The lowest BCUT2D eigenvalue weighted by Crippen LogP contribution is -2.44. The highest BCUT2D eigenvalue weighted by Gasteiger charge is 2.28. The van der Waals surface area contributed by atoms with Crippen LogP contribution in [0, 0.1) is 0 Å².